The van der Waals surface area contributed by atoms with Crippen LogP contribution in [0.4, 0.5) is 10.5 Å². The lowest BCUT2D eigenvalue weighted by Gasteiger charge is -2.05. The van der Waals surface area contributed by atoms with E-state index in [1.807, 2.05) is 30.3 Å². The van der Waals surface area contributed by atoms with Crippen molar-refractivity contribution in [1.82, 2.24) is 10.3 Å². The number of nitrogens with one attached hydrogen (secondary N) is 2. The van der Waals surface area contributed by atoms with Crippen molar-refractivity contribution in [3.05, 3.63) is 86.2 Å². The summed E-state index contributed by atoms with van der Waals surface area (Å²) < 4.78 is 5.09. The number of nitro groups is 1. The van der Waals surface area contributed by atoms with Crippen LogP contribution >= 0.6 is 0 Å². The Balaban J connectivity index is 1.54. The number of alkyl carbamates (subject to hydrolysis) is 1. The van der Waals surface area contributed by atoms with Gasteiger partial charge in [-0.3, -0.25) is 14.9 Å². The summed E-state index contributed by atoms with van der Waals surface area (Å²) in [4.78, 5) is 36.7. The van der Waals surface area contributed by atoms with E-state index in [0.717, 1.165) is 11.8 Å². The number of rotatable bonds is 5. The van der Waals surface area contributed by atoms with Crippen molar-refractivity contribution < 1.29 is 14.5 Å². The topological polar surface area (TPSA) is 114 Å². The minimum Gasteiger partial charge on any atom is -0.445 e. The fourth-order valence-electron chi connectivity index (χ4n) is 2.59. The molecule has 3 aromatic rings. The number of carbonyl (C=O) groups excluding carboxylic acids is 1. The molecule has 0 aliphatic heterocycles. The number of fused-ring (bicyclic) bond motifs is 1. The number of amides is 1. The highest BCUT2D eigenvalue weighted by atomic mass is 16.6. The van der Waals surface area contributed by atoms with Gasteiger partial charge in [0.1, 0.15) is 6.61 Å². The van der Waals surface area contributed by atoms with Gasteiger partial charge >= 0.3 is 11.8 Å². The summed E-state index contributed by atoms with van der Waals surface area (Å²) in [6.07, 6.45) is 0.933. The predicted octanol–water partition coefficient (Wildman–Crippen LogP) is 3.10. The molecule has 29 heavy (non-hydrogen) atoms. The van der Waals surface area contributed by atoms with E-state index in [1.165, 1.54) is 6.07 Å². The second-order valence-electron chi connectivity index (χ2n) is 6.06. The van der Waals surface area contributed by atoms with E-state index in [-0.39, 0.29) is 12.0 Å². The summed E-state index contributed by atoms with van der Waals surface area (Å²) in [5.41, 5.74) is 0.772. The van der Waals surface area contributed by atoms with Crippen molar-refractivity contribution in [2.75, 3.05) is 6.54 Å². The molecule has 0 saturated heterocycles. The van der Waals surface area contributed by atoms with Gasteiger partial charge in [0.15, 0.2) is 0 Å². The Kier molecular flexibility index (Phi) is 6.22. The van der Waals surface area contributed by atoms with E-state index >= 15 is 0 Å². The van der Waals surface area contributed by atoms with E-state index in [1.54, 1.807) is 12.1 Å². The molecule has 1 heterocycles. The van der Waals surface area contributed by atoms with Gasteiger partial charge in [-0.1, -0.05) is 42.2 Å². The van der Waals surface area contributed by atoms with Crippen molar-refractivity contribution in [3.63, 3.8) is 0 Å². The van der Waals surface area contributed by atoms with E-state index in [0.29, 0.717) is 24.0 Å². The van der Waals surface area contributed by atoms with E-state index in [4.69, 9.17) is 4.74 Å². The lowest BCUT2D eigenvalue weighted by atomic mass is 10.1. The molecule has 0 atom stereocenters. The molecular weight excluding hydrogens is 374 g/mol. The van der Waals surface area contributed by atoms with Crippen molar-refractivity contribution in [2.24, 2.45) is 0 Å². The maximum absolute atomic E-state index is 12.2. The van der Waals surface area contributed by atoms with E-state index in [9.17, 15) is 19.7 Å². The quantitative estimate of drug-likeness (QED) is 0.300. The van der Waals surface area contributed by atoms with Gasteiger partial charge in [0.25, 0.3) is 5.43 Å². The third-order valence-corrected chi connectivity index (χ3v) is 4.02. The first-order valence-corrected chi connectivity index (χ1v) is 8.78. The molecule has 0 unspecified atom stereocenters. The Morgan fingerprint density at radius 1 is 1.21 bits per heavy atom. The molecule has 0 saturated carbocycles. The number of nitrogens with zero attached hydrogens (tertiary/aromatic N) is 1. The van der Waals surface area contributed by atoms with Gasteiger partial charge in [0, 0.05) is 24.0 Å². The first-order chi connectivity index (χ1) is 14.0. The smallest absolute Gasteiger partial charge is 0.407 e. The van der Waals surface area contributed by atoms with Crippen molar-refractivity contribution >= 4 is 22.7 Å². The van der Waals surface area contributed by atoms with E-state index in [2.05, 4.69) is 22.1 Å². The summed E-state index contributed by atoms with van der Waals surface area (Å²) in [7, 11) is 0. The fraction of sp³-hybridized carbons (Fsp3) is 0.143. The Hall–Kier alpha value is -4.12. The third kappa shape index (κ3) is 5.20. The SMILES string of the molecule is O=C(NCCC#Cc1ccc2[nH]cc([N+](=O)[O-])c(=O)c2c1)OCc1ccccc1. The summed E-state index contributed by atoms with van der Waals surface area (Å²) in [5, 5.41) is 13.7. The highest BCUT2D eigenvalue weighted by Crippen LogP contribution is 2.13. The minimum absolute atomic E-state index is 0.191. The lowest BCUT2D eigenvalue weighted by molar-refractivity contribution is -0.386. The molecule has 8 nitrogen and oxygen atoms in total. The number of aromatic nitrogens is 1. The Morgan fingerprint density at radius 2 is 2.00 bits per heavy atom. The molecular formula is C21H17N3O5. The van der Waals surface area contributed by atoms with Crippen LogP contribution in [0.3, 0.4) is 0 Å². The van der Waals surface area contributed by atoms with Crippen LogP contribution in [0.2, 0.25) is 0 Å². The molecule has 0 bridgehead atoms. The molecule has 0 aliphatic carbocycles. The average molecular weight is 391 g/mol. The Morgan fingerprint density at radius 3 is 2.76 bits per heavy atom. The summed E-state index contributed by atoms with van der Waals surface area (Å²) in [5.74, 6) is 5.77. The van der Waals surface area contributed by atoms with Crippen LogP contribution in [0.15, 0.2) is 59.5 Å². The molecule has 0 aliphatic rings. The summed E-state index contributed by atoms with van der Waals surface area (Å²) in [6, 6.07) is 14.2. The van der Waals surface area contributed by atoms with Crippen LogP contribution in [-0.4, -0.2) is 22.5 Å². The molecule has 8 heteroatoms. The highest BCUT2D eigenvalue weighted by molar-refractivity contribution is 5.81. The van der Waals surface area contributed by atoms with Gasteiger partial charge in [-0.05, 0) is 23.8 Å². The van der Waals surface area contributed by atoms with Gasteiger partial charge in [-0.25, -0.2) is 4.79 Å². The molecule has 2 aromatic carbocycles. The largest absolute Gasteiger partial charge is 0.445 e. The van der Waals surface area contributed by atoms with Gasteiger partial charge in [0.2, 0.25) is 0 Å². The van der Waals surface area contributed by atoms with Gasteiger partial charge in [-0.15, -0.1) is 0 Å². The van der Waals surface area contributed by atoms with Gasteiger partial charge in [-0.2, -0.15) is 0 Å². The maximum Gasteiger partial charge on any atom is 0.407 e. The fourth-order valence-corrected chi connectivity index (χ4v) is 2.59. The second kappa shape index (κ2) is 9.19. The molecule has 0 radical (unpaired) electrons. The van der Waals surface area contributed by atoms with Crippen LogP contribution < -0.4 is 10.7 Å². The number of ether oxygens (including phenoxy) is 1. The monoisotopic (exact) mass is 391 g/mol. The van der Waals surface area contributed by atoms with Crippen LogP contribution in [0, 0.1) is 22.0 Å². The lowest BCUT2D eigenvalue weighted by Crippen LogP contribution is -2.24. The minimum atomic E-state index is -0.723. The van der Waals surface area contributed by atoms with Gasteiger partial charge < -0.3 is 15.0 Å². The molecule has 0 spiro atoms. The number of hydrogen-bond donors (Lipinski definition) is 2. The zero-order valence-corrected chi connectivity index (χ0v) is 15.3. The predicted molar refractivity (Wildman–Crippen MR) is 107 cm³/mol. The average Bonchev–Trinajstić information content (AvgIpc) is 2.73. The number of pyridine rings is 1. The maximum atomic E-state index is 12.2. The molecule has 0 fully saturated rings. The summed E-state index contributed by atoms with van der Waals surface area (Å²) >= 11 is 0. The normalized spacial score (nSPS) is 10.1. The van der Waals surface area contributed by atoms with Crippen molar-refractivity contribution in [2.45, 2.75) is 13.0 Å². The number of aromatic amines is 1. The first-order valence-electron chi connectivity index (χ1n) is 8.78. The molecule has 146 valence electrons. The number of H-pyrrole nitrogens is 1. The Bertz CT molecular complexity index is 1160. The number of carbonyl (C=O) groups is 1. The highest BCUT2D eigenvalue weighted by Gasteiger charge is 2.14. The van der Waals surface area contributed by atoms with Crippen LogP contribution in [0.25, 0.3) is 10.9 Å². The standard InChI is InChI=1S/C21H17N3O5/c25-20-17-12-15(9-10-18(17)23-13-19(20)24(27)28)6-4-5-11-22-21(26)29-14-16-7-2-1-3-8-16/h1-3,7-10,12-13H,5,11,14H2,(H,22,26)(H,23,25). The Labute approximate surface area is 165 Å². The van der Waals surface area contributed by atoms with Crippen molar-refractivity contribution in [3.8, 4) is 11.8 Å². The number of hydrogen-bond acceptors (Lipinski definition) is 5. The molecule has 1 aromatic heterocycles. The zero-order valence-electron chi connectivity index (χ0n) is 15.3. The molecule has 1 amide bonds. The van der Waals surface area contributed by atoms with E-state index < -0.39 is 22.1 Å². The van der Waals surface area contributed by atoms with Crippen LogP contribution in [-0.2, 0) is 11.3 Å². The zero-order chi connectivity index (χ0) is 20.6. The first kappa shape index (κ1) is 19.6. The van der Waals surface area contributed by atoms with Crippen molar-refractivity contribution in [1.29, 1.82) is 0 Å². The summed E-state index contributed by atoms with van der Waals surface area (Å²) in [6.45, 7) is 0.496. The van der Waals surface area contributed by atoms with Crippen LogP contribution in [0.5, 0.6) is 0 Å². The second-order valence-corrected chi connectivity index (χ2v) is 6.06. The number of benzene rings is 2. The third-order valence-electron chi connectivity index (χ3n) is 4.02. The van der Waals surface area contributed by atoms with Gasteiger partial charge in [0.05, 0.1) is 16.5 Å². The van der Waals surface area contributed by atoms with Crippen LogP contribution in [0.1, 0.15) is 17.5 Å². The molecule has 2 N–H and O–H groups in total. The molecule has 3 rings (SSSR count).